The lowest BCUT2D eigenvalue weighted by molar-refractivity contribution is -0.0637. The topological polar surface area (TPSA) is 337 Å². The average molecular weight is 732 g/mol. The first kappa shape index (κ1) is 36.5. The first-order valence-electron chi connectivity index (χ1n) is 14.5. The van der Waals surface area contributed by atoms with E-state index in [1.165, 1.54) is 28.2 Å². The first-order valence-corrected chi connectivity index (χ1v) is 15.9. The first-order chi connectivity index (χ1) is 23.5. The molecule has 2 amide bonds. The molecule has 50 heavy (non-hydrogen) atoms. The molecule has 9 atom stereocenters. The summed E-state index contributed by atoms with van der Waals surface area (Å²) in [7, 11) is 0.190. The molecule has 0 bridgehead atoms. The zero-order valence-corrected chi connectivity index (χ0v) is 27.6. The Hall–Kier alpha value is -4.75. The van der Waals surface area contributed by atoms with E-state index in [0.717, 1.165) is 31.6 Å². The van der Waals surface area contributed by atoms with Crippen molar-refractivity contribution in [2.45, 2.75) is 49.1 Å². The van der Waals surface area contributed by atoms with Gasteiger partial charge in [0.05, 0.1) is 19.5 Å². The fourth-order valence-corrected chi connectivity index (χ4v) is 5.95. The molecule has 3 aromatic heterocycles. The van der Waals surface area contributed by atoms with E-state index in [9.17, 15) is 38.8 Å². The Morgan fingerprint density at radius 2 is 1.56 bits per heavy atom. The second kappa shape index (κ2) is 14.2. The summed E-state index contributed by atoms with van der Waals surface area (Å²) in [5.74, 6) is -0.649. The number of H-pyrrole nitrogens is 1. The predicted molar refractivity (Wildman–Crippen MR) is 163 cm³/mol. The number of nitrogen functional groups attached to an aromatic ring is 2. The van der Waals surface area contributed by atoms with Crippen LogP contribution in [0.15, 0.2) is 22.2 Å². The van der Waals surface area contributed by atoms with Crippen molar-refractivity contribution in [3.8, 4) is 0 Å². The maximum Gasteiger partial charge on any atom is 0.472 e. The van der Waals surface area contributed by atoms with E-state index in [1.807, 2.05) is 0 Å². The molecule has 0 radical (unpaired) electrons. The molecule has 274 valence electrons. The SMILES string of the molecule is CN(C)C(=O)O[C@@H]1[C@H](O)[C@@H](COP(=O)(O)O[C@H]2[C@@H](OC(=O)N(C)C)[C@H](n3cnc4c(=O)[nH]c(N)nc43)O[C@@H]2CO)O[C@H]1n1cnc(N)nc1=O. The van der Waals surface area contributed by atoms with E-state index in [0.29, 0.717) is 0 Å². The number of amides is 2. The van der Waals surface area contributed by atoms with Crippen molar-refractivity contribution in [3.63, 3.8) is 0 Å². The highest BCUT2D eigenvalue weighted by Gasteiger charge is 2.53. The van der Waals surface area contributed by atoms with Crippen LogP contribution in [0.1, 0.15) is 12.5 Å². The number of carbonyl (C=O) groups is 2. The molecule has 5 heterocycles. The number of fused-ring (bicyclic) bond motifs is 1. The molecule has 0 aliphatic carbocycles. The Labute approximate surface area is 279 Å². The fraction of sp³-hybridized carbons (Fsp3) is 0.583. The Bertz CT molecular complexity index is 1900. The highest BCUT2D eigenvalue weighted by atomic mass is 31.2. The minimum atomic E-state index is -5.24. The lowest BCUT2D eigenvalue weighted by Crippen LogP contribution is -2.42. The molecule has 2 aliphatic heterocycles. The van der Waals surface area contributed by atoms with Crippen LogP contribution in [-0.4, -0.2) is 149 Å². The van der Waals surface area contributed by atoms with Crippen molar-refractivity contribution in [2.75, 3.05) is 52.9 Å². The van der Waals surface area contributed by atoms with Crippen LogP contribution in [0.4, 0.5) is 21.5 Å². The molecule has 2 saturated heterocycles. The number of hydrogen-bond acceptors (Lipinski definition) is 19. The molecule has 2 aliphatic rings. The average Bonchev–Trinajstić information content (AvgIpc) is 3.69. The molecule has 26 heteroatoms. The Morgan fingerprint density at radius 1 is 0.960 bits per heavy atom. The molecule has 0 spiro atoms. The van der Waals surface area contributed by atoms with Gasteiger partial charge in [-0.15, -0.1) is 0 Å². The van der Waals surface area contributed by atoms with E-state index in [2.05, 4.69) is 24.9 Å². The smallest absolute Gasteiger partial charge is 0.438 e. The summed E-state index contributed by atoms with van der Waals surface area (Å²) in [5, 5.41) is 21.2. The summed E-state index contributed by atoms with van der Waals surface area (Å²) in [6.45, 7) is -1.73. The number of nitrogens with zero attached hydrogens (tertiary/aromatic N) is 8. The van der Waals surface area contributed by atoms with Gasteiger partial charge in [-0.1, -0.05) is 0 Å². The van der Waals surface area contributed by atoms with Gasteiger partial charge in [0.1, 0.15) is 30.7 Å². The molecule has 0 saturated carbocycles. The van der Waals surface area contributed by atoms with Crippen molar-refractivity contribution in [1.82, 2.24) is 43.9 Å². The zero-order chi connectivity index (χ0) is 36.7. The van der Waals surface area contributed by atoms with Gasteiger partial charge in [-0.25, -0.2) is 28.9 Å². The molecule has 8 N–H and O–H groups in total. The summed E-state index contributed by atoms with van der Waals surface area (Å²) in [4.78, 5) is 80.3. The number of aliphatic hydroxyl groups is 2. The van der Waals surface area contributed by atoms with E-state index >= 15 is 0 Å². The summed E-state index contributed by atoms with van der Waals surface area (Å²) in [5.41, 5.74) is 9.19. The van der Waals surface area contributed by atoms with Gasteiger partial charge in [-0.3, -0.25) is 28.0 Å². The maximum atomic E-state index is 13.4. The highest BCUT2D eigenvalue weighted by molar-refractivity contribution is 7.47. The van der Waals surface area contributed by atoms with Gasteiger partial charge < -0.3 is 55.3 Å². The monoisotopic (exact) mass is 731 g/mol. The number of ether oxygens (including phenoxy) is 4. The number of aliphatic hydroxyl groups excluding tert-OH is 2. The van der Waals surface area contributed by atoms with Crippen LogP contribution in [0.2, 0.25) is 0 Å². The van der Waals surface area contributed by atoms with Crippen LogP contribution in [0, 0.1) is 0 Å². The normalized spacial score (nSPS) is 27.6. The number of rotatable bonds is 10. The van der Waals surface area contributed by atoms with Gasteiger partial charge >= 0.3 is 25.7 Å². The van der Waals surface area contributed by atoms with Crippen LogP contribution in [0.25, 0.3) is 11.2 Å². The molecule has 3 aromatic rings. The Kier molecular flexibility index (Phi) is 10.4. The molecular formula is C24H34N11O14P. The van der Waals surface area contributed by atoms with Crippen LogP contribution in [0.3, 0.4) is 0 Å². The standard InChI is InChI=1S/C24H34N11O14P/c1-32(2)23(40)47-14-12(37)10(46-18(14)35-8-28-20(25)31-22(35)39)6-44-50(42,43)49-13-9(5-36)45-19(15(13)48-24(41)33(3)4)34-7-27-11-16(34)29-21(26)30-17(11)38/h7-10,12-15,18-19,36-37H,5-6H2,1-4H3,(H,42,43)(H2,25,31,39)(H3,26,29,30,38)/t9-,10-,12-,13-,14-,15-,18-,19-/m1/s1. The summed E-state index contributed by atoms with van der Waals surface area (Å²) in [6.07, 6.45) is -12.4. The van der Waals surface area contributed by atoms with E-state index in [4.69, 9.17) is 39.5 Å². The molecular weight excluding hydrogens is 697 g/mol. The highest BCUT2D eigenvalue weighted by Crippen LogP contribution is 2.50. The molecule has 1 unspecified atom stereocenters. The minimum Gasteiger partial charge on any atom is -0.438 e. The third kappa shape index (κ3) is 7.38. The largest absolute Gasteiger partial charge is 0.472 e. The number of aromatic amines is 1. The van der Waals surface area contributed by atoms with Crippen LogP contribution in [-0.2, 0) is 32.6 Å². The number of anilines is 2. The van der Waals surface area contributed by atoms with Crippen molar-refractivity contribution in [3.05, 3.63) is 33.5 Å². The van der Waals surface area contributed by atoms with Crippen LogP contribution in [0.5, 0.6) is 0 Å². The van der Waals surface area contributed by atoms with Gasteiger partial charge in [-0.2, -0.15) is 9.97 Å². The second-order valence-electron chi connectivity index (χ2n) is 11.3. The summed E-state index contributed by atoms with van der Waals surface area (Å²) >= 11 is 0. The number of nitrogens with two attached hydrogens (primary N) is 2. The molecule has 5 rings (SSSR count). The lowest BCUT2D eigenvalue weighted by Gasteiger charge is -2.27. The third-order valence-electron chi connectivity index (χ3n) is 7.38. The molecule has 0 aromatic carbocycles. The van der Waals surface area contributed by atoms with Crippen LogP contribution >= 0.6 is 7.82 Å². The number of phosphoric ester groups is 1. The minimum absolute atomic E-state index is 0.111. The summed E-state index contributed by atoms with van der Waals surface area (Å²) < 4.78 is 48.2. The molecule has 2 fully saturated rings. The lowest BCUT2D eigenvalue weighted by atomic mass is 10.1. The second-order valence-corrected chi connectivity index (χ2v) is 12.7. The van der Waals surface area contributed by atoms with Crippen molar-refractivity contribution in [1.29, 1.82) is 0 Å². The quantitative estimate of drug-likeness (QED) is 0.111. The number of phosphoric acid groups is 1. The van der Waals surface area contributed by atoms with Gasteiger partial charge in [0.15, 0.2) is 35.8 Å². The number of aromatic nitrogens is 7. The summed E-state index contributed by atoms with van der Waals surface area (Å²) in [6, 6.07) is 0. The molecule has 25 nitrogen and oxygen atoms in total. The van der Waals surface area contributed by atoms with Crippen molar-refractivity contribution < 1.29 is 57.3 Å². The zero-order valence-electron chi connectivity index (χ0n) is 26.7. The van der Waals surface area contributed by atoms with E-state index in [1.54, 1.807) is 0 Å². The van der Waals surface area contributed by atoms with Gasteiger partial charge in [0.2, 0.25) is 11.9 Å². The Balaban J connectivity index is 1.39. The number of nitrogens with one attached hydrogen (secondary N) is 1. The van der Waals surface area contributed by atoms with Gasteiger partial charge in [0.25, 0.3) is 5.56 Å². The van der Waals surface area contributed by atoms with Gasteiger partial charge in [-0.05, 0) is 0 Å². The van der Waals surface area contributed by atoms with E-state index < -0.39 is 93.6 Å². The third-order valence-corrected chi connectivity index (χ3v) is 8.37. The fourth-order valence-electron chi connectivity index (χ4n) is 4.99. The van der Waals surface area contributed by atoms with Crippen LogP contribution < -0.4 is 22.7 Å². The number of imidazole rings is 1. The van der Waals surface area contributed by atoms with Crippen molar-refractivity contribution >= 4 is 43.1 Å². The number of carbonyl (C=O) groups excluding carboxylic acids is 2. The maximum absolute atomic E-state index is 13.4. The number of hydrogen-bond donors (Lipinski definition) is 6. The van der Waals surface area contributed by atoms with Crippen molar-refractivity contribution in [2.24, 2.45) is 0 Å². The Morgan fingerprint density at radius 3 is 2.18 bits per heavy atom. The van der Waals surface area contributed by atoms with Gasteiger partial charge in [0, 0.05) is 28.2 Å². The van der Waals surface area contributed by atoms with E-state index in [-0.39, 0.29) is 23.1 Å². The predicted octanol–water partition coefficient (Wildman–Crippen LogP) is -3.28.